The lowest BCUT2D eigenvalue weighted by Gasteiger charge is -2.31. The highest BCUT2D eigenvalue weighted by Crippen LogP contribution is 2.24. The molecule has 1 aromatic rings. The maximum atomic E-state index is 6.22. The molecule has 1 aromatic heterocycles. The SMILES string of the molecule is Cc1ccc(CN=C(N)N2CCC(C)CC2)c(N2CCCC2)n1. The summed E-state index contributed by atoms with van der Waals surface area (Å²) >= 11 is 0. The molecule has 0 amide bonds. The Morgan fingerprint density at radius 1 is 1.22 bits per heavy atom. The molecule has 0 aliphatic carbocycles. The van der Waals surface area contributed by atoms with Crippen molar-refractivity contribution in [3.8, 4) is 0 Å². The van der Waals surface area contributed by atoms with E-state index in [1.807, 2.05) is 0 Å². The van der Waals surface area contributed by atoms with Crippen LogP contribution < -0.4 is 10.6 Å². The molecule has 0 atom stereocenters. The Kier molecular flexibility index (Phi) is 5.03. The fourth-order valence-electron chi connectivity index (χ4n) is 3.40. The molecule has 2 aliphatic heterocycles. The van der Waals surface area contributed by atoms with Crippen LogP contribution in [0.15, 0.2) is 17.1 Å². The number of nitrogens with zero attached hydrogens (tertiary/aromatic N) is 4. The molecule has 0 bridgehead atoms. The molecule has 0 saturated carbocycles. The van der Waals surface area contributed by atoms with Gasteiger partial charge in [-0.15, -0.1) is 0 Å². The Hall–Kier alpha value is -1.78. The number of hydrogen-bond acceptors (Lipinski definition) is 3. The van der Waals surface area contributed by atoms with Gasteiger partial charge in [0.05, 0.1) is 6.54 Å². The number of pyridine rings is 1. The number of hydrogen-bond donors (Lipinski definition) is 1. The number of aryl methyl sites for hydroxylation is 1. The van der Waals surface area contributed by atoms with Gasteiger partial charge in [0.15, 0.2) is 5.96 Å². The zero-order valence-electron chi connectivity index (χ0n) is 14.5. The Morgan fingerprint density at radius 3 is 2.61 bits per heavy atom. The van der Waals surface area contributed by atoms with Crippen LogP contribution >= 0.6 is 0 Å². The Morgan fingerprint density at radius 2 is 1.91 bits per heavy atom. The topological polar surface area (TPSA) is 57.8 Å². The number of nitrogens with two attached hydrogens (primary N) is 1. The van der Waals surface area contributed by atoms with Gasteiger partial charge in [-0.3, -0.25) is 0 Å². The van der Waals surface area contributed by atoms with Crippen molar-refractivity contribution in [1.82, 2.24) is 9.88 Å². The predicted molar refractivity (Wildman–Crippen MR) is 95.7 cm³/mol. The highest BCUT2D eigenvalue weighted by atomic mass is 15.3. The Balaban J connectivity index is 1.70. The fourth-order valence-corrected chi connectivity index (χ4v) is 3.40. The molecule has 2 N–H and O–H groups in total. The summed E-state index contributed by atoms with van der Waals surface area (Å²) in [4.78, 5) is 14.0. The molecule has 0 radical (unpaired) electrons. The molecule has 5 nitrogen and oxygen atoms in total. The molecule has 2 fully saturated rings. The summed E-state index contributed by atoms with van der Waals surface area (Å²) in [6.07, 6.45) is 4.93. The van der Waals surface area contributed by atoms with E-state index >= 15 is 0 Å². The van der Waals surface area contributed by atoms with E-state index in [0.717, 1.165) is 43.6 Å². The second-order valence-corrected chi connectivity index (χ2v) is 6.97. The Bertz CT molecular complexity index is 555. The molecular formula is C18H29N5. The molecule has 3 heterocycles. The third-order valence-electron chi connectivity index (χ3n) is 5.02. The van der Waals surface area contributed by atoms with Gasteiger partial charge in [0.1, 0.15) is 5.82 Å². The maximum absolute atomic E-state index is 6.22. The van der Waals surface area contributed by atoms with Crippen LogP contribution in [0.1, 0.15) is 43.9 Å². The van der Waals surface area contributed by atoms with Crippen LogP contribution in [0.2, 0.25) is 0 Å². The van der Waals surface area contributed by atoms with Gasteiger partial charge in [-0.1, -0.05) is 13.0 Å². The molecule has 2 aliphatic rings. The van der Waals surface area contributed by atoms with Crippen molar-refractivity contribution in [2.75, 3.05) is 31.1 Å². The first-order chi connectivity index (χ1) is 11.1. The van der Waals surface area contributed by atoms with Crippen LogP contribution in [0, 0.1) is 12.8 Å². The van der Waals surface area contributed by atoms with Gasteiger partial charge in [0, 0.05) is 37.4 Å². The second-order valence-electron chi connectivity index (χ2n) is 6.97. The standard InChI is InChI=1S/C18H29N5/c1-14-7-11-23(12-8-14)18(19)20-13-16-6-5-15(2)21-17(16)22-9-3-4-10-22/h5-6,14H,3-4,7-13H2,1-2H3,(H2,19,20). The molecule has 0 aromatic carbocycles. The highest BCUT2D eigenvalue weighted by molar-refractivity contribution is 5.78. The zero-order chi connectivity index (χ0) is 16.2. The number of piperidine rings is 1. The molecule has 0 unspecified atom stereocenters. The first kappa shape index (κ1) is 16.1. The smallest absolute Gasteiger partial charge is 0.191 e. The third-order valence-corrected chi connectivity index (χ3v) is 5.02. The molecule has 3 rings (SSSR count). The van der Waals surface area contributed by atoms with Gasteiger partial charge in [-0.25, -0.2) is 9.98 Å². The van der Waals surface area contributed by atoms with Gasteiger partial charge < -0.3 is 15.5 Å². The molecule has 0 spiro atoms. The van der Waals surface area contributed by atoms with Gasteiger partial charge >= 0.3 is 0 Å². The summed E-state index contributed by atoms with van der Waals surface area (Å²) in [5, 5.41) is 0. The number of guanidine groups is 1. The molecule has 5 heteroatoms. The van der Waals surface area contributed by atoms with Gasteiger partial charge in [-0.2, -0.15) is 0 Å². The van der Waals surface area contributed by atoms with Crippen LogP contribution in [0.3, 0.4) is 0 Å². The van der Waals surface area contributed by atoms with Crippen LogP contribution in [0.5, 0.6) is 0 Å². The number of likely N-dealkylation sites (tertiary alicyclic amines) is 1. The average molecular weight is 315 g/mol. The maximum Gasteiger partial charge on any atom is 0.191 e. The minimum Gasteiger partial charge on any atom is -0.370 e. The molecule has 2 saturated heterocycles. The van der Waals surface area contributed by atoms with E-state index in [1.165, 1.54) is 31.2 Å². The number of aromatic nitrogens is 1. The van der Waals surface area contributed by atoms with Crippen LogP contribution in [-0.4, -0.2) is 42.0 Å². The van der Waals surface area contributed by atoms with Crippen LogP contribution in [-0.2, 0) is 6.54 Å². The summed E-state index contributed by atoms with van der Waals surface area (Å²) in [5.74, 6) is 2.60. The van der Waals surface area contributed by atoms with Crippen LogP contribution in [0.4, 0.5) is 5.82 Å². The number of anilines is 1. The van der Waals surface area contributed by atoms with E-state index in [0.29, 0.717) is 12.5 Å². The normalized spacial score (nSPS) is 20.3. The quantitative estimate of drug-likeness (QED) is 0.688. The summed E-state index contributed by atoms with van der Waals surface area (Å²) in [6.45, 7) is 9.25. The lowest BCUT2D eigenvalue weighted by atomic mass is 10.00. The van der Waals surface area contributed by atoms with E-state index in [1.54, 1.807) is 0 Å². The molecule has 126 valence electrons. The van der Waals surface area contributed by atoms with Crippen molar-refractivity contribution >= 4 is 11.8 Å². The van der Waals surface area contributed by atoms with E-state index in [2.05, 4.69) is 40.8 Å². The van der Waals surface area contributed by atoms with Crippen molar-refractivity contribution in [1.29, 1.82) is 0 Å². The van der Waals surface area contributed by atoms with E-state index in [9.17, 15) is 0 Å². The predicted octanol–water partition coefficient (Wildman–Crippen LogP) is 2.54. The van der Waals surface area contributed by atoms with Crippen molar-refractivity contribution in [3.05, 3.63) is 23.4 Å². The monoisotopic (exact) mass is 315 g/mol. The first-order valence-electron chi connectivity index (χ1n) is 8.90. The van der Waals surface area contributed by atoms with E-state index in [-0.39, 0.29) is 0 Å². The highest BCUT2D eigenvalue weighted by Gasteiger charge is 2.19. The second kappa shape index (κ2) is 7.20. The minimum atomic E-state index is 0.622. The average Bonchev–Trinajstić information content (AvgIpc) is 3.08. The molecule has 23 heavy (non-hydrogen) atoms. The minimum absolute atomic E-state index is 0.622. The molecular weight excluding hydrogens is 286 g/mol. The lowest BCUT2D eigenvalue weighted by Crippen LogP contribution is -2.42. The fraction of sp³-hybridized carbons (Fsp3) is 0.667. The van der Waals surface area contributed by atoms with E-state index in [4.69, 9.17) is 10.7 Å². The van der Waals surface area contributed by atoms with Crippen molar-refractivity contribution in [3.63, 3.8) is 0 Å². The van der Waals surface area contributed by atoms with Crippen molar-refractivity contribution in [2.45, 2.75) is 46.1 Å². The summed E-state index contributed by atoms with van der Waals surface area (Å²) in [5.41, 5.74) is 8.47. The summed E-state index contributed by atoms with van der Waals surface area (Å²) < 4.78 is 0. The number of rotatable bonds is 3. The zero-order valence-corrected chi connectivity index (χ0v) is 14.5. The largest absolute Gasteiger partial charge is 0.370 e. The van der Waals surface area contributed by atoms with Crippen molar-refractivity contribution in [2.24, 2.45) is 16.6 Å². The van der Waals surface area contributed by atoms with Gasteiger partial charge in [-0.05, 0) is 44.6 Å². The van der Waals surface area contributed by atoms with Gasteiger partial charge in [0.2, 0.25) is 0 Å². The first-order valence-corrected chi connectivity index (χ1v) is 8.90. The summed E-state index contributed by atoms with van der Waals surface area (Å²) in [6, 6.07) is 4.23. The number of aliphatic imine (C=N–C) groups is 1. The Labute approximate surface area is 139 Å². The third kappa shape index (κ3) is 3.95. The lowest BCUT2D eigenvalue weighted by molar-refractivity contribution is 0.277. The van der Waals surface area contributed by atoms with Crippen LogP contribution in [0.25, 0.3) is 0 Å². The summed E-state index contributed by atoms with van der Waals surface area (Å²) in [7, 11) is 0. The van der Waals surface area contributed by atoms with Crippen molar-refractivity contribution < 1.29 is 0 Å². The van der Waals surface area contributed by atoms with E-state index < -0.39 is 0 Å². The van der Waals surface area contributed by atoms with Gasteiger partial charge in [0.25, 0.3) is 0 Å².